The highest BCUT2D eigenvalue weighted by Crippen LogP contribution is 2.35. The molecule has 1 aliphatic heterocycles. The molecule has 19 heavy (non-hydrogen) atoms. The Balaban J connectivity index is 1.98. The second kappa shape index (κ2) is 5.12. The quantitative estimate of drug-likeness (QED) is 0.648. The maximum atomic E-state index is 5.67. The van der Waals surface area contributed by atoms with Crippen molar-refractivity contribution in [2.75, 3.05) is 13.2 Å². The summed E-state index contributed by atoms with van der Waals surface area (Å²) in [6.45, 7) is 3.07. The number of benzene rings is 1. The van der Waals surface area contributed by atoms with Gasteiger partial charge in [0.2, 0.25) is 0 Å². The molecule has 3 rings (SSSR count). The first-order chi connectivity index (χ1) is 9.29. The summed E-state index contributed by atoms with van der Waals surface area (Å²) >= 11 is 1.34. The molecule has 0 saturated carbocycles. The Kier molecular flexibility index (Phi) is 3.33. The molecule has 0 saturated heterocycles. The minimum absolute atomic E-state index is 0.143. The van der Waals surface area contributed by atoms with E-state index in [-0.39, 0.29) is 6.04 Å². The SMILES string of the molecule is Cc1nnsc1C(NN)c1ccc2c(c1)OCCO2. The summed E-state index contributed by atoms with van der Waals surface area (Å²) in [6.07, 6.45) is 0. The highest BCUT2D eigenvalue weighted by Gasteiger charge is 2.21. The zero-order chi connectivity index (χ0) is 13.2. The molecular weight excluding hydrogens is 264 g/mol. The number of fused-ring (bicyclic) bond motifs is 1. The number of hydrazine groups is 1. The van der Waals surface area contributed by atoms with Gasteiger partial charge in [0.15, 0.2) is 11.5 Å². The van der Waals surface area contributed by atoms with Gasteiger partial charge in [-0.2, -0.15) is 0 Å². The second-order valence-corrected chi connectivity index (χ2v) is 5.01. The van der Waals surface area contributed by atoms with Crippen LogP contribution in [-0.2, 0) is 0 Å². The van der Waals surface area contributed by atoms with Gasteiger partial charge in [0.1, 0.15) is 13.2 Å². The summed E-state index contributed by atoms with van der Waals surface area (Å²) < 4.78 is 15.0. The molecule has 0 fully saturated rings. The Labute approximate surface area is 114 Å². The van der Waals surface area contributed by atoms with E-state index in [0.717, 1.165) is 27.6 Å². The summed E-state index contributed by atoms with van der Waals surface area (Å²) in [5.41, 5.74) is 4.68. The van der Waals surface area contributed by atoms with Crippen LogP contribution in [0.25, 0.3) is 0 Å². The van der Waals surface area contributed by atoms with Gasteiger partial charge in [-0.05, 0) is 36.2 Å². The van der Waals surface area contributed by atoms with Crippen molar-refractivity contribution >= 4 is 11.5 Å². The lowest BCUT2D eigenvalue weighted by Gasteiger charge is -2.21. The molecule has 1 aromatic heterocycles. The number of nitrogens with zero attached hydrogens (tertiary/aromatic N) is 2. The van der Waals surface area contributed by atoms with Crippen LogP contribution in [0.2, 0.25) is 0 Å². The third kappa shape index (κ3) is 2.27. The number of rotatable bonds is 3. The molecule has 0 amide bonds. The van der Waals surface area contributed by atoms with Crippen LogP contribution in [0, 0.1) is 6.92 Å². The lowest BCUT2D eigenvalue weighted by molar-refractivity contribution is 0.171. The van der Waals surface area contributed by atoms with E-state index in [1.54, 1.807) is 0 Å². The van der Waals surface area contributed by atoms with E-state index in [0.29, 0.717) is 13.2 Å². The fraction of sp³-hybridized carbons (Fsp3) is 0.333. The van der Waals surface area contributed by atoms with E-state index in [4.69, 9.17) is 15.3 Å². The highest BCUT2D eigenvalue weighted by molar-refractivity contribution is 7.05. The Hall–Kier alpha value is -1.70. The number of aryl methyl sites for hydroxylation is 1. The summed E-state index contributed by atoms with van der Waals surface area (Å²) in [7, 11) is 0. The van der Waals surface area contributed by atoms with E-state index < -0.39 is 0 Å². The normalized spacial score (nSPS) is 15.3. The fourth-order valence-corrected chi connectivity index (χ4v) is 2.80. The van der Waals surface area contributed by atoms with Crippen molar-refractivity contribution in [3.05, 3.63) is 34.3 Å². The first kappa shape index (κ1) is 12.3. The van der Waals surface area contributed by atoms with Crippen LogP contribution >= 0.6 is 11.5 Å². The topological polar surface area (TPSA) is 82.3 Å². The van der Waals surface area contributed by atoms with Crippen LogP contribution < -0.4 is 20.7 Å². The van der Waals surface area contributed by atoms with Crippen LogP contribution in [0.4, 0.5) is 0 Å². The van der Waals surface area contributed by atoms with Crippen LogP contribution in [0.3, 0.4) is 0 Å². The van der Waals surface area contributed by atoms with Gasteiger partial charge in [-0.25, -0.2) is 5.43 Å². The first-order valence-corrected chi connectivity index (χ1v) is 6.71. The standard InChI is InChI=1S/C12H14N4O2S/c1-7-12(19-16-15-7)11(14-13)8-2-3-9-10(6-8)18-5-4-17-9/h2-3,6,11,14H,4-5,13H2,1H3. The maximum absolute atomic E-state index is 5.67. The molecule has 1 aliphatic rings. The molecule has 1 atom stereocenters. The van der Waals surface area contributed by atoms with E-state index >= 15 is 0 Å². The van der Waals surface area contributed by atoms with Gasteiger partial charge >= 0.3 is 0 Å². The molecule has 1 aromatic carbocycles. The molecule has 0 radical (unpaired) electrons. The molecule has 6 nitrogen and oxygen atoms in total. The molecule has 0 aliphatic carbocycles. The first-order valence-electron chi connectivity index (χ1n) is 5.94. The average Bonchev–Trinajstić information content (AvgIpc) is 2.86. The molecule has 3 N–H and O–H groups in total. The fourth-order valence-electron chi connectivity index (χ4n) is 2.07. The molecule has 0 spiro atoms. The Morgan fingerprint density at radius 1 is 1.32 bits per heavy atom. The van der Waals surface area contributed by atoms with Crippen molar-refractivity contribution in [3.63, 3.8) is 0 Å². The molecule has 0 bridgehead atoms. The Morgan fingerprint density at radius 3 is 2.79 bits per heavy atom. The van der Waals surface area contributed by atoms with E-state index in [1.165, 1.54) is 11.5 Å². The van der Waals surface area contributed by atoms with Gasteiger partial charge < -0.3 is 9.47 Å². The van der Waals surface area contributed by atoms with Gasteiger partial charge in [0, 0.05) is 0 Å². The van der Waals surface area contributed by atoms with Crippen LogP contribution in [0.15, 0.2) is 18.2 Å². The molecule has 100 valence electrons. The van der Waals surface area contributed by atoms with Crippen molar-refractivity contribution < 1.29 is 9.47 Å². The molecule has 1 unspecified atom stereocenters. The molecule has 7 heteroatoms. The summed E-state index contributed by atoms with van der Waals surface area (Å²) in [6, 6.07) is 5.67. The van der Waals surface area contributed by atoms with E-state index in [1.807, 2.05) is 25.1 Å². The van der Waals surface area contributed by atoms with Gasteiger partial charge in [-0.15, -0.1) is 5.10 Å². The molecule has 2 aromatic rings. The Morgan fingerprint density at radius 2 is 2.11 bits per heavy atom. The summed E-state index contributed by atoms with van der Waals surface area (Å²) in [5, 5.41) is 4.02. The highest BCUT2D eigenvalue weighted by atomic mass is 32.1. The van der Waals surface area contributed by atoms with Crippen molar-refractivity contribution in [1.29, 1.82) is 0 Å². The minimum Gasteiger partial charge on any atom is -0.486 e. The summed E-state index contributed by atoms with van der Waals surface area (Å²) in [5.74, 6) is 7.19. The Bertz CT molecular complexity index is 587. The van der Waals surface area contributed by atoms with Crippen LogP contribution in [-0.4, -0.2) is 22.8 Å². The minimum atomic E-state index is -0.143. The van der Waals surface area contributed by atoms with Gasteiger partial charge in [-0.1, -0.05) is 10.6 Å². The third-order valence-corrected chi connectivity index (χ3v) is 3.91. The zero-order valence-corrected chi connectivity index (χ0v) is 11.2. The predicted octanol–water partition coefficient (Wildman–Crippen LogP) is 1.17. The lowest BCUT2D eigenvalue weighted by Crippen LogP contribution is -2.29. The molecule has 2 heterocycles. The molecular formula is C12H14N4O2S. The predicted molar refractivity (Wildman–Crippen MR) is 71.2 cm³/mol. The van der Waals surface area contributed by atoms with Gasteiger partial charge in [0.05, 0.1) is 16.6 Å². The second-order valence-electron chi connectivity index (χ2n) is 4.23. The number of nitrogens with two attached hydrogens (primary N) is 1. The third-order valence-electron chi connectivity index (χ3n) is 3.02. The van der Waals surface area contributed by atoms with Crippen molar-refractivity contribution in [2.24, 2.45) is 5.84 Å². The largest absolute Gasteiger partial charge is 0.486 e. The van der Waals surface area contributed by atoms with Crippen LogP contribution in [0.5, 0.6) is 11.5 Å². The van der Waals surface area contributed by atoms with E-state index in [9.17, 15) is 0 Å². The van der Waals surface area contributed by atoms with Crippen molar-refractivity contribution in [3.8, 4) is 11.5 Å². The zero-order valence-electron chi connectivity index (χ0n) is 10.4. The smallest absolute Gasteiger partial charge is 0.161 e. The summed E-state index contributed by atoms with van der Waals surface area (Å²) in [4.78, 5) is 0.999. The monoisotopic (exact) mass is 278 g/mol. The number of hydrogen-bond donors (Lipinski definition) is 2. The average molecular weight is 278 g/mol. The lowest BCUT2D eigenvalue weighted by atomic mass is 10.0. The van der Waals surface area contributed by atoms with Crippen LogP contribution in [0.1, 0.15) is 22.2 Å². The number of ether oxygens (including phenoxy) is 2. The number of hydrogen-bond acceptors (Lipinski definition) is 7. The van der Waals surface area contributed by atoms with Crippen molar-refractivity contribution in [2.45, 2.75) is 13.0 Å². The van der Waals surface area contributed by atoms with Crippen molar-refractivity contribution in [1.82, 2.24) is 15.0 Å². The van der Waals surface area contributed by atoms with Gasteiger partial charge in [0.25, 0.3) is 0 Å². The maximum Gasteiger partial charge on any atom is 0.161 e. The van der Waals surface area contributed by atoms with Gasteiger partial charge in [-0.3, -0.25) is 5.84 Å². The number of nitrogens with one attached hydrogen (secondary N) is 1. The van der Waals surface area contributed by atoms with E-state index in [2.05, 4.69) is 15.0 Å². The number of aromatic nitrogens is 2.